The van der Waals surface area contributed by atoms with Crippen LogP contribution in [0.4, 0.5) is 4.79 Å². The maximum absolute atomic E-state index is 12.5. The first-order valence-electron chi connectivity index (χ1n) is 7.07. The summed E-state index contributed by atoms with van der Waals surface area (Å²) in [6.45, 7) is 0.253. The van der Waals surface area contributed by atoms with Crippen molar-refractivity contribution in [2.45, 2.75) is 6.54 Å². The van der Waals surface area contributed by atoms with Gasteiger partial charge < -0.3 is 0 Å². The van der Waals surface area contributed by atoms with Crippen molar-refractivity contribution in [3.63, 3.8) is 0 Å². The normalized spacial score (nSPS) is 15.8. The number of imide groups is 1. The summed E-state index contributed by atoms with van der Waals surface area (Å²) >= 11 is 4.29. The van der Waals surface area contributed by atoms with Crippen LogP contribution in [0.2, 0.25) is 0 Å². The Bertz CT molecular complexity index is 867. The molecule has 2 aromatic carbocycles. The van der Waals surface area contributed by atoms with Crippen molar-refractivity contribution in [3.05, 3.63) is 74.6 Å². The largest absolute Gasteiger partial charge is 0.293 e. The van der Waals surface area contributed by atoms with Gasteiger partial charge in [0.2, 0.25) is 0 Å². The predicted molar refractivity (Wildman–Crippen MR) is 96.8 cm³/mol. The van der Waals surface area contributed by atoms with Crippen LogP contribution in [0, 0.1) is 11.3 Å². The van der Waals surface area contributed by atoms with E-state index in [4.69, 9.17) is 5.26 Å². The number of halogens is 1. The molecule has 1 heterocycles. The molecule has 0 atom stereocenters. The molecule has 0 radical (unpaired) electrons. The third kappa shape index (κ3) is 3.58. The van der Waals surface area contributed by atoms with Gasteiger partial charge in [0.1, 0.15) is 0 Å². The van der Waals surface area contributed by atoms with E-state index in [9.17, 15) is 9.59 Å². The number of thioether (sulfide) groups is 1. The number of rotatable bonds is 3. The highest BCUT2D eigenvalue weighted by atomic mass is 79.9. The molecule has 0 saturated carbocycles. The van der Waals surface area contributed by atoms with Crippen LogP contribution in [-0.4, -0.2) is 16.0 Å². The lowest BCUT2D eigenvalue weighted by Gasteiger charge is -2.12. The number of benzene rings is 2. The van der Waals surface area contributed by atoms with Gasteiger partial charge in [-0.15, -0.1) is 0 Å². The van der Waals surface area contributed by atoms with Crippen molar-refractivity contribution in [1.29, 1.82) is 5.26 Å². The molecule has 0 spiro atoms. The van der Waals surface area contributed by atoms with Gasteiger partial charge in [0.15, 0.2) is 0 Å². The van der Waals surface area contributed by atoms with E-state index >= 15 is 0 Å². The van der Waals surface area contributed by atoms with Gasteiger partial charge >= 0.3 is 0 Å². The van der Waals surface area contributed by atoms with Gasteiger partial charge in [-0.3, -0.25) is 14.5 Å². The summed E-state index contributed by atoms with van der Waals surface area (Å²) in [5, 5.41) is 8.53. The van der Waals surface area contributed by atoms with Gasteiger partial charge in [-0.25, -0.2) is 0 Å². The molecular formula is C18H11BrN2O2S. The Morgan fingerprint density at radius 2 is 1.75 bits per heavy atom. The quantitative estimate of drug-likeness (QED) is 0.711. The van der Waals surface area contributed by atoms with Crippen LogP contribution in [0.25, 0.3) is 6.08 Å². The summed E-state index contributed by atoms with van der Waals surface area (Å²) in [7, 11) is 0. The fourth-order valence-electron chi connectivity index (χ4n) is 2.21. The van der Waals surface area contributed by atoms with Crippen molar-refractivity contribution in [2.75, 3.05) is 0 Å². The maximum atomic E-state index is 12.5. The first-order chi connectivity index (χ1) is 11.6. The summed E-state index contributed by atoms with van der Waals surface area (Å²) in [6.07, 6.45) is 1.67. The average Bonchev–Trinajstić information content (AvgIpc) is 2.85. The lowest BCUT2D eigenvalue weighted by atomic mass is 10.1. The molecule has 0 N–H and O–H groups in total. The first kappa shape index (κ1) is 16.5. The molecule has 2 aromatic rings. The second-order valence-corrected chi connectivity index (χ2v) is 7.04. The molecule has 0 unspecified atom stereocenters. The molecule has 2 amide bonds. The lowest BCUT2D eigenvalue weighted by Crippen LogP contribution is -2.27. The van der Waals surface area contributed by atoms with Gasteiger partial charge in [0, 0.05) is 4.47 Å². The number of hydrogen-bond acceptors (Lipinski definition) is 4. The van der Waals surface area contributed by atoms with E-state index in [2.05, 4.69) is 15.9 Å². The summed E-state index contributed by atoms with van der Waals surface area (Å²) < 4.78 is 0.945. The molecular weight excluding hydrogens is 388 g/mol. The average molecular weight is 399 g/mol. The third-order valence-electron chi connectivity index (χ3n) is 3.47. The Hall–Kier alpha value is -2.36. The molecule has 1 fully saturated rings. The molecule has 0 aliphatic carbocycles. The van der Waals surface area contributed by atoms with Gasteiger partial charge in [-0.1, -0.05) is 40.2 Å². The molecule has 0 bridgehead atoms. The second-order valence-electron chi connectivity index (χ2n) is 5.13. The van der Waals surface area contributed by atoms with Crippen molar-refractivity contribution < 1.29 is 9.59 Å². The minimum Gasteiger partial charge on any atom is -0.268 e. The highest BCUT2D eigenvalue weighted by Crippen LogP contribution is 2.33. The van der Waals surface area contributed by atoms with E-state index < -0.39 is 0 Å². The van der Waals surface area contributed by atoms with Crippen molar-refractivity contribution >= 4 is 44.9 Å². The number of amides is 2. The monoisotopic (exact) mass is 398 g/mol. The van der Waals surface area contributed by atoms with E-state index in [-0.39, 0.29) is 17.7 Å². The summed E-state index contributed by atoms with van der Waals surface area (Å²) in [6, 6.07) is 16.4. The zero-order chi connectivity index (χ0) is 17.1. The molecule has 1 saturated heterocycles. The molecule has 0 aromatic heterocycles. The van der Waals surface area contributed by atoms with Gasteiger partial charge in [0.05, 0.1) is 23.1 Å². The molecule has 118 valence electrons. The Labute approximate surface area is 151 Å². The number of hydrogen-bond donors (Lipinski definition) is 0. The Kier molecular flexibility index (Phi) is 4.84. The van der Waals surface area contributed by atoms with E-state index in [0.717, 1.165) is 27.4 Å². The van der Waals surface area contributed by atoms with Crippen molar-refractivity contribution in [3.8, 4) is 6.07 Å². The van der Waals surface area contributed by atoms with Crippen LogP contribution < -0.4 is 0 Å². The Balaban J connectivity index is 1.79. The Morgan fingerprint density at radius 3 is 2.38 bits per heavy atom. The smallest absolute Gasteiger partial charge is 0.268 e. The summed E-state index contributed by atoms with van der Waals surface area (Å²) in [5.41, 5.74) is 2.22. The topological polar surface area (TPSA) is 61.2 Å². The summed E-state index contributed by atoms with van der Waals surface area (Å²) in [4.78, 5) is 26.2. The van der Waals surface area contributed by atoms with Gasteiger partial charge in [-0.05, 0) is 53.2 Å². The van der Waals surface area contributed by atoms with Crippen LogP contribution in [0.1, 0.15) is 16.7 Å². The highest BCUT2D eigenvalue weighted by Gasteiger charge is 2.34. The van der Waals surface area contributed by atoms with E-state index in [1.54, 1.807) is 30.3 Å². The maximum Gasteiger partial charge on any atom is 0.293 e. The standard InChI is InChI=1S/C18H11BrN2O2S/c19-15-7-5-14(6-8-15)11-21-17(22)16(24-18(21)23)9-12-1-3-13(10-20)4-2-12/h1-9H,11H2/b16-9+. The molecule has 6 heteroatoms. The highest BCUT2D eigenvalue weighted by molar-refractivity contribution is 9.10. The fraction of sp³-hybridized carbons (Fsp3) is 0.0556. The minimum absolute atomic E-state index is 0.253. The van der Waals surface area contributed by atoms with Crippen molar-refractivity contribution in [1.82, 2.24) is 4.90 Å². The second kappa shape index (κ2) is 7.04. The van der Waals surface area contributed by atoms with E-state index in [1.807, 2.05) is 30.3 Å². The van der Waals surface area contributed by atoms with Gasteiger partial charge in [0.25, 0.3) is 11.1 Å². The molecule has 3 rings (SSSR count). The van der Waals surface area contributed by atoms with Crippen molar-refractivity contribution in [2.24, 2.45) is 0 Å². The van der Waals surface area contributed by atoms with Crippen LogP contribution in [-0.2, 0) is 11.3 Å². The van der Waals surface area contributed by atoms with Gasteiger partial charge in [-0.2, -0.15) is 5.26 Å². The molecule has 1 aliphatic heterocycles. The zero-order valence-corrected chi connectivity index (χ0v) is 14.8. The predicted octanol–water partition coefficient (Wildman–Crippen LogP) is 4.56. The zero-order valence-electron chi connectivity index (χ0n) is 12.4. The Morgan fingerprint density at radius 1 is 1.08 bits per heavy atom. The van der Waals surface area contributed by atoms with Crippen LogP contribution >= 0.6 is 27.7 Å². The SMILES string of the molecule is N#Cc1ccc(/C=C2/SC(=O)N(Cc3ccc(Br)cc3)C2=O)cc1. The summed E-state index contributed by atoms with van der Waals surface area (Å²) in [5.74, 6) is -0.294. The number of carbonyl (C=O) groups is 2. The fourth-order valence-corrected chi connectivity index (χ4v) is 3.32. The molecule has 24 heavy (non-hydrogen) atoms. The molecule has 1 aliphatic rings. The van der Waals surface area contributed by atoms with Crippen LogP contribution in [0.3, 0.4) is 0 Å². The van der Waals surface area contributed by atoms with E-state index in [1.165, 1.54) is 4.90 Å². The first-order valence-corrected chi connectivity index (χ1v) is 8.68. The molecule has 4 nitrogen and oxygen atoms in total. The number of carbonyl (C=O) groups excluding carboxylic acids is 2. The third-order valence-corrected chi connectivity index (χ3v) is 4.90. The number of nitrogens with zero attached hydrogens (tertiary/aromatic N) is 2. The minimum atomic E-state index is -0.294. The van der Waals surface area contributed by atoms with E-state index in [0.29, 0.717) is 10.5 Å². The van der Waals surface area contributed by atoms with Crippen LogP contribution in [0.5, 0.6) is 0 Å². The lowest BCUT2D eigenvalue weighted by molar-refractivity contribution is -0.123. The number of nitriles is 1. The van der Waals surface area contributed by atoms with Crippen LogP contribution in [0.15, 0.2) is 57.9 Å².